The minimum Gasteiger partial charge on any atom is -0.493 e. The number of carbonyl (C=O) groups excluding carboxylic acids is 2. The maximum absolute atomic E-state index is 12.5. The zero-order chi connectivity index (χ0) is 17.4. The van der Waals surface area contributed by atoms with Gasteiger partial charge in [-0.05, 0) is 43.7 Å². The third-order valence-corrected chi connectivity index (χ3v) is 3.22. The van der Waals surface area contributed by atoms with Gasteiger partial charge in [-0.15, -0.1) is 0 Å². The van der Waals surface area contributed by atoms with Crippen LogP contribution in [0.15, 0.2) is 48.5 Å². The molecule has 0 aliphatic rings. The lowest BCUT2D eigenvalue weighted by molar-refractivity contribution is 0.0526. The van der Waals surface area contributed by atoms with Crippen LogP contribution in [-0.4, -0.2) is 25.1 Å². The average Bonchev–Trinajstić information content (AvgIpc) is 2.60. The van der Waals surface area contributed by atoms with E-state index in [4.69, 9.17) is 9.47 Å². The smallest absolute Gasteiger partial charge is 0.338 e. The van der Waals surface area contributed by atoms with E-state index in [9.17, 15) is 9.59 Å². The Kier molecular flexibility index (Phi) is 6.37. The van der Waals surface area contributed by atoms with Crippen molar-refractivity contribution in [3.63, 3.8) is 0 Å². The molecule has 0 atom stereocenters. The number of carbonyl (C=O) groups is 2. The zero-order valence-corrected chi connectivity index (χ0v) is 13.9. The molecule has 0 aromatic heterocycles. The molecule has 0 aliphatic heterocycles. The first-order chi connectivity index (χ1) is 11.7. The Labute approximate surface area is 141 Å². The molecule has 2 rings (SSSR count). The summed E-state index contributed by atoms with van der Waals surface area (Å²) in [6.45, 7) is 4.60. The van der Waals surface area contributed by atoms with Crippen molar-refractivity contribution in [3.05, 3.63) is 59.7 Å². The van der Waals surface area contributed by atoms with Crippen LogP contribution in [0.3, 0.4) is 0 Å². The van der Waals surface area contributed by atoms with E-state index in [2.05, 4.69) is 5.32 Å². The van der Waals surface area contributed by atoms with Gasteiger partial charge in [-0.1, -0.05) is 25.1 Å². The number of para-hydroxylation sites is 1. The second-order valence-corrected chi connectivity index (χ2v) is 5.10. The molecule has 5 nitrogen and oxygen atoms in total. The van der Waals surface area contributed by atoms with Crippen LogP contribution in [0.1, 0.15) is 41.0 Å². The molecule has 0 saturated carbocycles. The highest BCUT2D eigenvalue weighted by Crippen LogP contribution is 2.20. The van der Waals surface area contributed by atoms with Crippen LogP contribution in [0.4, 0.5) is 5.69 Å². The van der Waals surface area contributed by atoms with Crippen molar-refractivity contribution in [2.24, 2.45) is 0 Å². The first-order valence-corrected chi connectivity index (χ1v) is 7.96. The summed E-state index contributed by atoms with van der Waals surface area (Å²) >= 11 is 0. The largest absolute Gasteiger partial charge is 0.493 e. The summed E-state index contributed by atoms with van der Waals surface area (Å²) in [5, 5.41) is 2.79. The lowest BCUT2D eigenvalue weighted by Crippen LogP contribution is -2.14. The third-order valence-electron chi connectivity index (χ3n) is 3.22. The van der Waals surface area contributed by atoms with Crippen molar-refractivity contribution in [1.82, 2.24) is 0 Å². The number of anilines is 1. The molecule has 126 valence electrons. The van der Waals surface area contributed by atoms with Crippen molar-refractivity contribution >= 4 is 17.6 Å². The second-order valence-electron chi connectivity index (χ2n) is 5.10. The van der Waals surface area contributed by atoms with Crippen molar-refractivity contribution in [3.8, 4) is 5.75 Å². The summed E-state index contributed by atoms with van der Waals surface area (Å²) in [6, 6.07) is 13.7. The summed E-state index contributed by atoms with van der Waals surface area (Å²) in [6.07, 6.45) is 0.859. The SMILES string of the molecule is CCCOc1ccccc1C(=O)Nc1cccc(C(=O)OCC)c1. The quantitative estimate of drug-likeness (QED) is 0.783. The molecule has 2 aromatic carbocycles. The Balaban J connectivity index is 2.15. The maximum Gasteiger partial charge on any atom is 0.338 e. The van der Waals surface area contributed by atoms with E-state index in [0.717, 1.165) is 6.42 Å². The normalized spacial score (nSPS) is 10.1. The van der Waals surface area contributed by atoms with Gasteiger partial charge >= 0.3 is 5.97 Å². The van der Waals surface area contributed by atoms with Crippen LogP contribution in [0.5, 0.6) is 5.75 Å². The minimum atomic E-state index is -0.416. The Hall–Kier alpha value is -2.82. The lowest BCUT2D eigenvalue weighted by Gasteiger charge is -2.11. The van der Waals surface area contributed by atoms with Gasteiger partial charge in [0.05, 0.1) is 24.3 Å². The van der Waals surface area contributed by atoms with Gasteiger partial charge in [-0.2, -0.15) is 0 Å². The Morgan fingerprint density at radius 2 is 1.83 bits per heavy atom. The second kappa shape index (κ2) is 8.72. The topological polar surface area (TPSA) is 64.6 Å². The van der Waals surface area contributed by atoms with Crippen LogP contribution in [-0.2, 0) is 4.74 Å². The Morgan fingerprint density at radius 1 is 1.04 bits per heavy atom. The van der Waals surface area contributed by atoms with Crippen LogP contribution in [0.2, 0.25) is 0 Å². The molecule has 0 aliphatic carbocycles. The number of nitrogens with one attached hydrogen (secondary N) is 1. The summed E-state index contributed by atoms with van der Waals surface area (Å²) in [5.74, 6) is -0.165. The molecule has 0 saturated heterocycles. The standard InChI is InChI=1S/C19H21NO4/c1-3-12-24-17-11-6-5-10-16(17)18(21)20-15-9-7-8-14(13-15)19(22)23-4-2/h5-11,13H,3-4,12H2,1-2H3,(H,20,21). The zero-order valence-electron chi connectivity index (χ0n) is 13.9. The van der Waals surface area contributed by atoms with Gasteiger partial charge in [-0.25, -0.2) is 4.79 Å². The summed E-state index contributed by atoms with van der Waals surface area (Å²) in [7, 11) is 0. The average molecular weight is 327 g/mol. The summed E-state index contributed by atoms with van der Waals surface area (Å²) < 4.78 is 10.6. The Bertz CT molecular complexity index is 712. The molecule has 2 aromatic rings. The number of rotatable bonds is 7. The van der Waals surface area contributed by atoms with Crippen LogP contribution in [0.25, 0.3) is 0 Å². The summed E-state index contributed by atoms with van der Waals surface area (Å²) in [4.78, 5) is 24.3. The van der Waals surface area contributed by atoms with E-state index in [1.54, 1.807) is 49.4 Å². The van der Waals surface area contributed by atoms with E-state index >= 15 is 0 Å². The number of ether oxygens (including phenoxy) is 2. The molecule has 24 heavy (non-hydrogen) atoms. The van der Waals surface area contributed by atoms with Crippen molar-refractivity contribution in [1.29, 1.82) is 0 Å². The number of amides is 1. The van der Waals surface area contributed by atoms with Gasteiger partial charge in [0, 0.05) is 5.69 Å². The molecule has 0 unspecified atom stereocenters. The van der Waals surface area contributed by atoms with Gasteiger partial charge in [0.2, 0.25) is 0 Å². The molecule has 1 N–H and O–H groups in total. The third kappa shape index (κ3) is 4.59. The van der Waals surface area contributed by atoms with Gasteiger partial charge in [0.25, 0.3) is 5.91 Å². The van der Waals surface area contributed by atoms with Gasteiger partial charge in [0.1, 0.15) is 5.75 Å². The molecule has 0 fully saturated rings. The van der Waals surface area contributed by atoms with E-state index < -0.39 is 5.97 Å². The van der Waals surface area contributed by atoms with E-state index in [-0.39, 0.29) is 5.91 Å². The molecule has 5 heteroatoms. The van der Waals surface area contributed by atoms with E-state index in [1.165, 1.54) is 0 Å². The fourth-order valence-corrected chi connectivity index (χ4v) is 2.13. The van der Waals surface area contributed by atoms with Gasteiger partial charge in [-0.3, -0.25) is 4.79 Å². The lowest BCUT2D eigenvalue weighted by atomic mass is 10.1. The molecule has 0 spiro atoms. The first-order valence-electron chi connectivity index (χ1n) is 7.96. The fraction of sp³-hybridized carbons (Fsp3) is 0.263. The maximum atomic E-state index is 12.5. The van der Waals surface area contributed by atoms with Gasteiger partial charge in [0.15, 0.2) is 0 Å². The van der Waals surface area contributed by atoms with Crippen LogP contribution >= 0.6 is 0 Å². The highest BCUT2D eigenvalue weighted by atomic mass is 16.5. The highest BCUT2D eigenvalue weighted by molar-refractivity contribution is 6.06. The number of hydrogen-bond acceptors (Lipinski definition) is 4. The number of esters is 1. The van der Waals surface area contributed by atoms with Crippen LogP contribution < -0.4 is 10.1 Å². The number of benzene rings is 2. The monoisotopic (exact) mass is 327 g/mol. The molecule has 0 radical (unpaired) electrons. The first kappa shape index (κ1) is 17.5. The van der Waals surface area contributed by atoms with Crippen LogP contribution in [0, 0.1) is 0 Å². The molecule has 0 heterocycles. The van der Waals surface area contributed by atoms with Crippen molar-refractivity contribution < 1.29 is 19.1 Å². The fourth-order valence-electron chi connectivity index (χ4n) is 2.13. The number of hydrogen-bond donors (Lipinski definition) is 1. The Morgan fingerprint density at radius 3 is 2.58 bits per heavy atom. The predicted molar refractivity (Wildman–Crippen MR) is 92.6 cm³/mol. The van der Waals surface area contributed by atoms with Crippen molar-refractivity contribution in [2.75, 3.05) is 18.5 Å². The van der Waals surface area contributed by atoms with E-state index in [0.29, 0.717) is 35.8 Å². The predicted octanol–water partition coefficient (Wildman–Crippen LogP) is 3.90. The summed E-state index contributed by atoms with van der Waals surface area (Å²) in [5.41, 5.74) is 1.37. The molecular weight excluding hydrogens is 306 g/mol. The van der Waals surface area contributed by atoms with Crippen molar-refractivity contribution in [2.45, 2.75) is 20.3 Å². The molecular formula is C19H21NO4. The highest BCUT2D eigenvalue weighted by Gasteiger charge is 2.13. The molecule has 1 amide bonds. The minimum absolute atomic E-state index is 0.289. The molecule has 0 bridgehead atoms. The van der Waals surface area contributed by atoms with E-state index in [1.807, 2.05) is 13.0 Å². The van der Waals surface area contributed by atoms with Gasteiger partial charge < -0.3 is 14.8 Å².